The van der Waals surface area contributed by atoms with Gasteiger partial charge >= 0.3 is 6.09 Å². The number of sulfonamides is 1. The molecular weight excluding hydrogens is 444 g/mol. The molecule has 1 atom stereocenters. The highest BCUT2D eigenvalue weighted by molar-refractivity contribution is 7.89. The molecule has 3 aliphatic rings. The summed E-state index contributed by atoms with van der Waals surface area (Å²) in [6.07, 6.45) is 4.38. The van der Waals surface area contributed by atoms with Crippen molar-refractivity contribution in [3.05, 3.63) is 29.3 Å². The van der Waals surface area contributed by atoms with E-state index < -0.39 is 16.1 Å². The van der Waals surface area contributed by atoms with Gasteiger partial charge in [-0.3, -0.25) is 9.69 Å². The van der Waals surface area contributed by atoms with Crippen molar-refractivity contribution >= 4 is 22.0 Å². The van der Waals surface area contributed by atoms with Crippen LogP contribution in [-0.4, -0.2) is 93.0 Å². The molecule has 1 unspecified atom stereocenters. The zero-order chi connectivity index (χ0) is 23.4. The molecule has 1 N–H and O–H groups in total. The second kappa shape index (κ2) is 10.4. The summed E-state index contributed by atoms with van der Waals surface area (Å²) in [7, 11) is -3.55. The molecule has 0 saturated carbocycles. The molecule has 182 valence electrons. The van der Waals surface area contributed by atoms with Crippen LogP contribution in [0.25, 0.3) is 0 Å². The van der Waals surface area contributed by atoms with E-state index in [2.05, 4.69) is 10.2 Å². The molecular formula is C23H34N4O5S. The molecule has 0 aromatic heterocycles. The van der Waals surface area contributed by atoms with Crippen LogP contribution < -0.4 is 5.32 Å². The quantitative estimate of drug-likeness (QED) is 0.660. The number of hydrogen-bond donors (Lipinski definition) is 1. The molecule has 0 spiro atoms. The SMILES string of the molecule is CCOC(=O)NC1CCCN(CC(=O)N2CCN(S(=O)(=O)c3ccc4c(c3)CCC4)CC2)C1. The highest BCUT2D eigenvalue weighted by Crippen LogP contribution is 2.26. The maximum atomic E-state index is 13.1. The lowest BCUT2D eigenvalue weighted by Crippen LogP contribution is -2.54. The van der Waals surface area contributed by atoms with Crippen molar-refractivity contribution in [1.29, 1.82) is 0 Å². The number of likely N-dealkylation sites (tertiary alicyclic amines) is 1. The predicted octanol–water partition coefficient (Wildman–Crippen LogP) is 1.22. The predicted molar refractivity (Wildman–Crippen MR) is 123 cm³/mol. The molecule has 1 aromatic carbocycles. The van der Waals surface area contributed by atoms with Gasteiger partial charge in [0.25, 0.3) is 0 Å². The minimum atomic E-state index is -3.55. The van der Waals surface area contributed by atoms with Gasteiger partial charge in [0.05, 0.1) is 18.0 Å². The van der Waals surface area contributed by atoms with Crippen molar-refractivity contribution in [1.82, 2.24) is 19.4 Å². The van der Waals surface area contributed by atoms with Gasteiger partial charge in [-0.05, 0) is 68.8 Å². The number of aryl methyl sites for hydroxylation is 2. The topological polar surface area (TPSA) is 99.3 Å². The van der Waals surface area contributed by atoms with Crippen molar-refractivity contribution in [2.24, 2.45) is 0 Å². The first kappa shape index (κ1) is 24.0. The number of ether oxygens (including phenoxy) is 1. The molecule has 2 aliphatic heterocycles. The number of piperidine rings is 1. The summed E-state index contributed by atoms with van der Waals surface area (Å²) < 4.78 is 32.7. The first-order valence-corrected chi connectivity index (χ1v) is 13.4. The molecule has 0 radical (unpaired) electrons. The number of amides is 2. The minimum absolute atomic E-state index is 0.00126. The Kier molecular flexibility index (Phi) is 7.55. The van der Waals surface area contributed by atoms with Crippen molar-refractivity contribution in [3.63, 3.8) is 0 Å². The van der Waals surface area contributed by atoms with Crippen molar-refractivity contribution < 1.29 is 22.7 Å². The van der Waals surface area contributed by atoms with Crippen molar-refractivity contribution in [3.8, 4) is 0 Å². The Morgan fingerprint density at radius 2 is 1.82 bits per heavy atom. The number of benzene rings is 1. The Bertz CT molecular complexity index is 975. The van der Waals surface area contributed by atoms with Gasteiger partial charge in [0.15, 0.2) is 0 Å². The van der Waals surface area contributed by atoms with E-state index in [0.29, 0.717) is 44.2 Å². The molecule has 0 bridgehead atoms. The Morgan fingerprint density at radius 3 is 2.58 bits per heavy atom. The fourth-order valence-corrected chi connectivity index (χ4v) is 6.46. The van der Waals surface area contributed by atoms with E-state index in [1.165, 1.54) is 9.87 Å². The third-order valence-corrected chi connectivity index (χ3v) is 8.66. The minimum Gasteiger partial charge on any atom is -0.450 e. The molecule has 4 rings (SSSR count). The van der Waals surface area contributed by atoms with Crippen LogP contribution in [-0.2, 0) is 32.4 Å². The summed E-state index contributed by atoms with van der Waals surface area (Å²) >= 11 is 0. The maximum Gasteiger partial charge on any atom is 0.407 e. The Balaban J connectivity index is 1.28. The van der Waals surface area contributed by atoms with Gasteiger partial charge in [-0.15, -0.1) is 0 Å². The largest absolute Gasteiger partial charge is 0.450 e. The number of alkyl carbamates (subject to hydrolysis) is 1. The van der Waals surface area contributed by atoms with E-state index in [4.69, 9.17) is 4.74 Å². The van der Waals surface area contributed by atoms with Gasteiger partial charge in [-0.2, -0.15) is 4.31 Å². The number of piperazine rings is 1. The van der Waals surface area contributed by atoms with Crippen LogP contribution in [0.3, 0.4) is 0 Å². The van der Waals surface area contributed by atoms with E-state index in [0.717, 1.165) is 44.2 Å². The van der Waals surface area contributed by atoms with Gasteiger partial charge in [0, 0.05) is 38.8 Å². The normalized spacial score (nSPS) is 22.1. The van der Waals surface area contributed by atoms with Crippen molar-refractivity contribution in [2.45, 2.75) is 50.0 Å². The van der Waals surface area contributed by atoms with Crippen LogP contribution >= 0.6 is 0 Å². The average Bonchev–Trinajstić information content (AvgIpc) is 3.27. The average molecular weight is 479 g/mol. The second-order valence-corrected chi connectivity index (χ2v) is 10.9. The first-order chi connectivity index (χ1) is 15.9. The number of fused-ring (bicyclic) bond motifs is 1. The zero-order valence-electron chi connectivity index (χ0n) is 19.3. The van der Waals surface area contributed by atoms with Crippen LogP contribution in [0, 0.1) is 0 Å². The molecule has 2 fully saturated rings. The lowest BCUT2D eigenvalue weighted by Gasteiger charge is -2.37. The summed E-state index contributed by atoms with van der Waals surface area (Å²) in [5.74, 6) is 0.00126. The van der Waals surface area contributed by atoms with Gasteiger partial charge in [0.2, 0.25) is 15.9 Å². The third-order valence-electron chi connectivity index (χ3n) is 6.76. The molecule has 10 heteroatoms. The van der Waals surface area contributed by atoms with E-state index in [1.54, 1.807) is 17.9 Å². The Morgan fingerprint density at radius 1 is 1.06 bits per heavy atom. The molecule has 9 nitrogen and oxygen atoms in total. The summed E-state index contributed by atoms with van der Waals surface area (Å²) in [4.78, 5) is 28.7. The Labute approximate surface area is 196 Å². The molecule has 2 amide bonds. The third kappa shape index (κ3) is 5.67. The number of carbonyl (C=O) groups excluding carboxylic acids is 2. The number of carbonyl (C=O) groups is 2. The van der Waals surface area contributed by atoms with Gasteiger partial charge < -0.3 is 15.0 Å². The summed E-state index contributed by atoms with van der Waals surface area (Å²) in [5.41, 5.74) is 2.39. The smallest absolute Gasteiger partial charge is 0.407 e. The van der Waals surface area contributed by atoms with Crippen LogP contribution in [0.5, 0.6) is 0 Å². The fraction of sp³-hybridized carbons (Fsp3) is 0.652. The lowest BCUT2D eigenvalue weighted by atomic mass is 10.1. The van der Waals surface area contributed by atoms with Gasteiger partial charge in [-0.25, -0.2) is 13.2 Å². The highest BCUT2D eigenvalue weighted by Gasteiger charge is 2.32. The summed E-state index contributed by atoms with van der Waals surface area (Å²) in [5, 5.41) is 2.85. The number of nitrogens with one attached hydrogen (secondary N) is 1. The molecule has 2 saturated heterocycles. The number of hydrogen-bond acceptors (Lipinski definition) is 6. The summed E-state index contributed by atoms with van der Waals surface area (Å²) in [6.45, 7) is 5.17. The van der Waals surface area contributed by atoms with Crippen LogP contribution in [0.1, 0.15) is 37.3 Å². The maximum absolute atomic E-state index is 13.1. The van der Waals surface area contributed by atoms with Crippen LogP contribution in [0.4, 0.5) is 4.79 Å². The first-order valence-electron chi connectivity index (χ1n) is 11.9. The molecule has 33 heavy (non-hydrogen) atoms. The standard InChI is InChI=1S/C23H34N4O5S/c1-2-32-23(29)24-20-7-4-10-25(16-20)17-22(28)26-11-13-27(14-12-26)33(30,31)21-9-8-18-5-3-6-19(18)15-21/h8-9,15,20H,2-7,10-14,16-17H2,1H3,(H,24,29). The van der Waals surface area contributed by atoms with Crippen LogP contribution in [0.15, 0.2) is 23.1 Å². The lowest BCUT2D eigenvalue weighted by molar-refractivity contribution is -0.133. The Hall–Kier alpha value is -2.17. The number of rotatable bonds is 6. The second-order valence-electron chi connectivity index (χ2n) is 9.01. The fourth-order valence-electron chi connectivity index (χ4n) is 4.98. The van der Waals surface area contributed by atoms with Crippen molar-refractivity contribution in [2.75, 3.05) is 52.4 Å². The van der Waals surface area contributed by atoms with Crippen LogP contribution in [0.2, 0.25) is 0 Å². The number of nitrogens with zero attached hydrogens (tertiary/aromatic N) is 3. The van der Waals surface area contributed by atoms with E-state index in [-0.39, 0.29) is 18.5 Å². The van der Waals surface area contributed by atoms with E-state index in [1.807, 2.05) is 12.1 Å². The monoisotopic (exact) mass is 478 g/mol. The molecule has 1 aliphatic carbocycles. The van der Waals surface area contributed by atoms with E-state index in [9.17, 15) is 18.0 Å². The summed E-state index contributed by atoms with van der Waals surface area (Å²) in [6, 6.07) is 5.46. The highest BCUT2D eigenvalue weighted by atomic mass is 32.2. The molecule has 1 aromatic rings. The van der Waals surface area contributed by atoms with Gasteiger partial charge in [-0.1, -0.05) is 6.07 Å². The molecule has 2 heterocycles. The van der Waals surface area contributed by atoms with E-state index >= 15 is 0 Å². The zero-order valence-corrected chi connectivity index (χ0v) is 20.1. The van der Waals surface area contributed by atoms with Gasteiger partial charge in [0.1, 0.15) is 0 Å².